The molecule has 0 aliphatic heterocycles. The molecule has 8 heteroatoms. The van der Waals surface area contributed by atoms with Crippen LogP contribution in [0.4, 0.5) is 0 Å². The number of unbranched alkanes of at least 4 members (excludes halogenated alkanes) is 22. The number of carbonyl (C=O) groups is 1. The molecular weight excluding hydrogens is 586 g/mol. The number of hydrogen-bond acceptors (Lipinski definition) is 5. The fraction of sp³-hybridized carbons (Fsp3) is 0.865. The van der Waals surface area contributed by atoms with Gasteiger partial charge in [0.15, 0.2) is 0 Å². The Labute approximate surface area is 277 Å². The minimum Gasteiger partial charge on any atom is -0.387 e. The van der Waals surface area contributed by atoms with Crippen LogP contribution < -0.4 is 5.32 Å². The maximum atomic E-state index is 12.4. The first-order chi connectivity index (χ1) is 21.7. The lowest BCUT2D eigenvalue weighted by molar-refractivity contribution is -0.130. The SMILES string of the molecule is CCCCCC/C=C\CCC(O)C(=O)NC(CS(=O)(=O)O)C(O)/C=C/CCCCCCCCCCCCCCCCCCCC. The number of aliphatic hydroxyl groups excluding tert-OH is 2. The molecule has 0 spiro atoms. The zero-order valence-electron chi connectivity index (χ0n) is 29.1. The van der Waals surface area contributed by atoms with Crippen molar-refractivity contribution in [3.05, 3.63) is 24.3 Å². The molecule has 0 aromatic rings. The van der Waals surface area contributed by atoms with Crippen molar-refractivity contribution >= 4 is 16.0 Å². The molecule has 0 fully saturated rings. The molecule has 0 bridgehead atoms. The number of nitrogens with one attached hydrogen (secondary N) is 1. The molecule has 0 heterocycles. The van der Waals surface area contributed by atoms with Crippen LogP contribution in [0.15, 0.2) is 24.3 Å². The summed E-state index contributed by atoms with van der Waals surface area (Å²) < 4.78 is 32.3. The van der Waals surface area contributed by atoms with Crippen molar-refractivity contribution < 1.29 is 28.0 Å². The average molecular weight is 658 g/mol. The second kappa shape index (κ2) is 31.4. The van der Waals surface area contributed by atoms with Crippen molar-refractivity contribution in [1.29, 1.82) is 0 Å². The van der Waals surface area contributed by atoms with Gasteiger partial charge in [0.1, 0.15) is 6.10 Å². The Balaban J connectivity index is 4.02. The average Bonchev–Trinajstić information content (AvgIpc) is 3.00. The Bertz CT molecular complexity index is 829. The maximum Gasteiger partial charge on any atom is 0.267 e. The predicted octanol–water partition coefficient (Wildman–Crippen LogP) is 9.38. The largest absolute Gasteiger partial charge is 0.387 e. The molecular formula is C37H71NO6S. The third kappa shape index (κ3) is 31.2. The Morgan fingerprint density at radius 1 is 0.600 bits per heavy atom. The Morgan fingerprint density at radius 3 is 1.42 bits per heavy atom. The van der Waals surface area contributed by atoms with Gasteiger partial charge in [0, 0.05) is 0 Å². The molecule has 7 nitrogen and oxygen atoms in total. The molecule has 0 rings (SSSR count). The summed E-state index contributed by atoms with van der Waals surface area (Å²) in [6.07, 6.45) is 35.5. The van der Waals surface area contributed by atoms with Gasteiger partial charge in [-0.1, -0.05) is 167 Å². The molecule has 0 saturated heterocycles. The number of rotatable bonds is 33. The molecule has 3 unspecified atom stereocenters. The lowest BCUT2D eigenvalue weighted by Gasteiger charge is -2.22. The van der Waals surface area contributed by atoms with Gasteiger partial charge in [0.2, 0.25) is 5.91 Å². The van der Waals surface area contributed by atoms with E-state index in [1.165, 1.54) is 128 Å². The highest BCUT2D eigenvalue weighted by Gasteiger charge is 2.27. The van der Waals surface area contributed by atoms with Gasteiger partial charge in [-0.2, -0.15) is 8.42 Å². The summed E-state index contributed by atoms with van der Waals surface area (Å²) in [5.41, 5.74) is 0. The minimum absolute atomic E-state index is 0.196. The Hall–Kier alpha value is -1.22. The van der Waals surface area contributed by atoms with Crippen molar-refractivity contribution in [2.24, 2.45) is 0 Å². The van der Waals surface area contributed by atoms with Gasteiger partial charge in [-0.3, -0.25) is 9.35 Å². The van der Waals surface area contributed by atoms with E-state index in [-0.39, 0.29) is 6.42 Å². The highest BCUT2D eigenvalue weighted by atomic mass is 32.2. The molecule has 0 radical (unpaired) electrons. The fourth-order valence-electron chi connectivity index (χ4n) is 5.57. The number of aliphatic hydroxyl groups is 2. The number of amides is 1. The van der Waals surface area contributed by atoms with Crippen LogP contribution >= 0.6 is 0 Å². The molecule has 4 N–H and O–H groups in total. The van der Waals surface area contributed by atoms with Crippen LogP contribution in [0.25, 0.3) is 0 Å². The molecule has 3 atom stereocenters. The van der Waals surface area contributed by atoms with Crippen LogP contribution in [-0.2, 0) is 14.9 Å². The van der Waals surface area contributed by atoms with E-state index in [2.05, 4.69) is 25.2 Å². The van der Waals surface area contributed by atoms with E-state index in [0.29, 0.717) is 6.42 Å². The van der Waals surface area contributed by atoms with Crippen LogP contribution in [0.5, 0.6) is 0 Å². The summed E-state index contributed by atoms with van der Waals surface area (Å²) >= 11 is 0. The zero-order chi connectivity index (χ0) is 33.4. The second-order valence-corrected chi connectivity index (χ2v) is 14.5. The first-order valence-electron chi connectivity index (χ1n) is 18.6. The number of carbonyl (C=O) groups excluding carboxylic acids is 1. The van der Waals surface area contributed by atoms with E-state index in [9.17, 15) is 28.0 Å². The van der Waals surface area contributed by atoms with E-state index in [4.69, 9.17) is 0 Å². The van der Waals surface area contributed by atoms with Gasteiger partial charge >= 0.3 is 0 Å². The maximum absolute atomic E-state index is 12.4. The summed E-state index contributed by atoms with van der Waals surface area (Å²) in [7, 11) is -4.44. The highest BCUT2D eigenvalue weighted by Crippen LogP contribution is 2.15. The molecule has 0 aromatic carbocycles. The highest BCUT2D eigenvalue weighted by molar-refractivity contribution is 7.85. The summed E-state index contributed by atoms with van der Waals surface area (Å²) in [5, 5.41) is 23.1. The molecule has 0 aliphatic rings. The van der Waals surface area contributed by atoms with E-state index in [1.54, 1.807) is 6.08 Å². The Morgan fingerprint density at radius 2 is 0.978 bits per heavy atom. The standard InChI is InChI=1S/C37H71NO6S/c1-3-5-7-9-11-13-14-15-16-17-18-19-20-21-22-23-24-26-27-29-31-35(39)34(33-45(42,43)44)38-37(41)36(40)32-30-28-25-12-10-8-6-4-2/h25,28-29,31,34-36,39-40H,3-24,26-27,30,32-33H2,1-2H3,(H,38,41)(H,42,43,44)/b28-25-,31-29+. The van der Waals surface area contributed by atoms with Gasteiger partial charge in [0.25, 0.3) is 10.1 Å². The van der Waals surface area contributed by atoms with Crippen molar-refractivity contribution in [1.82, 2.24) is 5.32 Å². The van der Waals surface area contributed by atoms with Crippen molar-refractivity contribution in [2.75, 3.05) is 5.75 Å². The molecule has 45 heavy (non-hydrogen) atoms. The first kappa shape index (κ1) is 43.8. The molecule has 0 saturated carbocycles. The minimum atomic E-state index is -4.44. The molecule has 0 aromatic heterocycles. The number of allylic oxidation sites excluding steroid dienone is 3. The fourth-order valence-corrected chi connectivity index (χ4v) is 6.31. The topological polar surface area (TPSA) is 124 Å². The van der Waals surface area contributed by atoms with Crippen LogP contribution in [0, 0.1) is 0 Å². The quantitative estimate of drug-likeness (QED) is 0.0317. The third-order valence-electron chi connectivity index (χ3n) is 8.49. The van der Waals surface area contributed by atoms with Gasteiger partial charge < -0.3 is 15.5 Å². The van der Waals surface area contributed by atoms with Gasteiger partial charge in [0.05, 0.1) is 17.9 Å². The monoisotopic (exact) mass is 658 g/mol. The third-order valence-corrected chi connectivity index (χ3v) is 9.27. The zero-order valence-corrected chi connectivity index (χ0v) is 29.9. The van der Waals surface area contributed by atoms with Gasteiger partial charge in [-0.05, 0) is 38.5 Å². The van der Waals surface area contributed by atoms with Gasteiger partial charge in [-0.25, -0.2) is 0 Å². The summed E-state index contributed by atoms with van der Waals surface area (Å²) in [4.78, 5) is 12.4. The summed E-state index contributed by atoms with van der Waals surface area (Å²) in [5.74, 6) is -1.58. The summed E-state index contributed by atoms with van der Waals surface area (Å²) in [6, 6.07) is -1.24. The lowest BCUT2D eigenvalue weighted by atomic mass is 10.0. The van der Waals surface area contributed by atoms with Crippen LogP contribution in [0.2, 0.25) is 0 Å². The predicted molar refractivity (Wildman–Crippen MR) is 190 cm³/mol. The van der Waals surface area contributed by atoms with Crippen molar-refractivity contribution in [3.8, 4) is 0 Å². The number of hydrogen-bond donors (Lipinski definition) is 4. The van der Waals surface area contributed by atoms with Crippen LogP contribution in [0.1, 0.15) is 181 Å². The van der Waals surface area contributed by atoms with Gasteiger partial charge in [-0.15, -0.1) is 0 Å². The van der Waals surface area contributed by atoms with E-state index in [1.807, 2.05) is 6.08 Å². The van der Waals surface area contributed by atoms with Crippen molar-refractivity contribution in [2.45, 2.75) is 199 Å². The summed E-state index contributed by atoms with van der Waals surface area (Å²) in [6.45, 7) is 4.44. The van der Waals surface area contributed by atoms with E-state index >= 15 is 0 Å². The Kier molecular flexibility index (Phi) is 30.5. The second-order valence-electron chi connectivity index (χ2n) is 13.0. The van der Waals surface area contributed by atoms with Crippen LogP contribution in [0.3, 0.4) is 0 Å². The van der Waals surface area contributed by atoms with E-state index in [0.717, 1.165) is 32.1 Å². The lowest BCUT2D eigenvalue weighted by Crippen LogP contribution is -2.50. The normalized spacial score (nSPS) is 14.3. The van der Waals surface area contributed by atoms with Crippen LogP contribution in [-0.4, -0.2) is 53.1 Å². The molecule has 266 valence electrons. The van der Waals surface area contributed by atoms with Crippen molar-refractivity contribution in [3.63, 3.8) is 0 Å². The molecule has 1 amide bonds. The molecule has 0 aliphatic carbocycles. The first-order valence-corrected chi connectivity index (χ1v) is 20.3. The smallest absolute Gasteiger partial charge is 0.267 e. The van der Waals surface area contributed by atoms with E-state index < -0.39 is 40.0 Å².